The van der Waals surface area contributed by atoms with Crippen molar-refractivity contribution < 1.29 is 9.59 Å². The van der Waals surface area contributed by atoms with Crippen LogP contribution in [0.5, 0.6) is 0 Å². The Labute approximate surface area is 153 Å². The van der Waals surface area contributed by atoms with Crippen LogP contribution in [0, 0.1) is 0 Å². The minimum Gasteiger partial charge on any atom is -0.363 e. The van der Waals surface area contributed by atoms with Crippen LogP contribution < -0.4 is 15.5 Å². The Kier molecular flexibility index (Phi) is 5.65. The Balaban J connectivity index is 1.55. The van der Waals surface area contributed by atoms with Crippen LogP contribution in [0.2, 0.25) is 0 Å². The summed E-state index contributed by atoms with van der Waals surface area (Å²) < 4.78 is 0. The van der Waals surface area contributed by atoms with Gasteiger partial charge in [0.05, 0.1) is 18.2 Å². The van der Waals surface area contributed by atoms with Crippen molar-refractivity contribution in [1.29, 1.82) is 0 Å². The second kappa shape index (κ2) is 7.93. The van der Waals surface area contributed by atoms with E-state index in [-0.39, 0.29) is 24.3 Å². The van der Waals surface area contributed by atoms with E-state index in [2.05, 4.69) is 15.5 Å². The molecule has 7 heteroatoms. The monoisotopic (exact) mass is 360 g/mol. The van der Waals surface area contributed by atoms with E-state index in [0.29, 0.717) is 5.69 Å². The number of likely N-dealkylation sites (tertiary alicyclic amines) is 1. The van der Waals surface area contributed by atoms with Gasteiger partial charge in [-0.3, -0.25) is 9.59 Å². The third kappa shape index (κ3) is 3.99. The first-order chi connectivity index (χ1) is 12.1. The average Bonchev–Trinajstić information content (AvgIpc) is 2.90. The zero-order valence-electron chi connectivity index (χ0n) is 14.4. The summed E-state index contributed by atoms with van der Waals surface area (Å²) in [5.41, 5.74) is 0.646. The number of anilines is 1. The summed E-state index contributed by atoms with van der Waals surface area (Å²) in [4.78, 5) is 28.4. The van der Waals surface area contributed by atoms with E-state index < -0.39 is 6.04 Å². The third-order valence-corrected chi connectivity index (χ3v) is 5.11. The highest BCUT2D eigenvalue weighted by atomic mass is 32.1. The summed E-state index contributed by atoms with van der Waals surface area (Å²) in [7, 11) is 0. The van der Waals surface area contributed by atoms with Gasteiger partial charge in [0.25, 0.3) is 5.91 Å². The van der Waals surface area contributed by atoms with Gasteiger partial charge < -0.3 is 15.5 Å². The maximum Gasteiger partial charge on any atom is 0.251 e. The van der Waals surface area contributed by atoms with Crippen molar-refractivity contribution in [1.82, 2.24) is 15.5 Å². The van der Waals surface area contributed by atoms with Crippen molar-refractivity contribution >= 4 is 34.8 Å². The Morgan fingerprint density at radius 3 is 2.52 bits per heavy atom. The maximum absolute atomic E-state index is 12.6. The molecule has 1 atom stereocenters. The molecule has 6 nitrogen and oxygen atoms in total. The second-order valence-electron chi connectivity index (χ2n) is 6.42. The summed E-state index contributed by atoms with van der Waals surface area (Å²) in [5, 5.41) is 7.35. The third-order valence-electron chi connectivity index (χ3n) is 4.71. The topological polar surface area (TPSA) is 64.7 Å². The van der Waals surface area contributed by atoms with Gasteiger partial charge in [-0.05, 0) is 44.1 Å². The Morgan fingerprint density at radius 2 is 1.88 bits per heavy atom. The lowest BCUT2D eigenvalue weighted by Gasteiger charge is -2.35. The minimum atomic E-state index is -0.426. The Hall–Kier alpha value is -1.99. The number of thiocarbonyl (C=S) groups is 1. The largest absolute Gasteiger partial charge is 0.363 e. The summed E-state index contributed by atoms with van der Waals surface area (Å²) in [6.45, 7) is 4.58. The van der Waals surface area contributed by atoms with E-state index in [0.717, 1.165) is 37.6 Å². The SMILES string of the molecule is CCNC(=S)N1CCC(N[C@H]2CC(=O)N(c3ccccc3)C2=O)CC1. The first-order valence-electron chi connectivity index (χ1n) is 8.80. The van der Waals surface area contributed by atoms with Crippen LogP contribution in [-0.2, 0) is 9.59 Å². The molecule has 0 aliphatic carbocycles. The standard InChI is InChI=1S/C18H24N4O2S/c1-2-19-18(25)21-10-8-13(9-11-21)20-15-12-16(23)22(17(15)24)14-6-4-3-5-7-14/h3-7,13,15,20H,2,8-12H2,1H3,(H,19,25)/t15-/m0/s1. The van der Waals surface area contributed by atoms with Crippen LogP contribution >= 0.6 is 12.2 Å². The molecule has 0 spiro atoms. The molecule has 0 aromatic heterocycles. The number of hydrogen-bond acceptors (Lipinski definition) is 4. The van der Waals surface area contributed by atoms with Crippen LogP contribution in [0.4, 0.5) is 5.69 Å². The van der Waals surface area contributed by atoms with Gasteiger partial charge in [-0.1, -0.05) is 18.2 Å². The molecular formula is C18H24N4O2S. The lowest BCUT2D eigenvalue weighted by atomic mass is 10.0. The van der Waals surface area contributed by atoms with Gasteiger partial charge >= 0.3 is 0 Å². The summed E-state index contributed by atoms with van der Waals surface area (Å²) in [6.07, 6.45) is 2.05. The fourth-order valence-corrected chi connectivity index (χ4v) is 3.73. The molecule has 0 unspecified atom stereocenters. The highest BCUT2D eigenvalue weighted by molar-refractivity contribution is 7.80. The van der Waals surface area contributed by atoms with Crippen molar-refractivity contribution in [2.45, 2.75) is 38.3 Å². The Morgan fingerprint density at radius 1 is 1.20 bits per heavy atom. The van der Waals surface area contributed by atoms with Gasteiger partial charge in [0.2, 0.25) is 5.91 Å². The number of para-hydroxylation sites is 1. The number of hydrogen-bond donors (Lipinski definition) is 2. The molecule has 2 aliphatic heterocycles. The quantitative estimate of drug-likeness (QED) is 0.623. The van der Waals surface area contributed by atoms with Gasteiger partial charge in [0.15, 0.2) is 5.11 Å². The van der Waals surface area contributed by atoms with Crippen molar-refractivity contribution in [3.8, 4) is 0 Å². The predicted molar refractivity (Wildman–Crippen MR) is 101 cm³/mol. The first kappa shape index (κ1) is 17.8. The number of imide groups is 1. The number of carbonyl (C=O) groups is 2. The smallest absolute Gasteiger partial charge is 0.251 e. The van der Waals surface area contributed by atoms with Crippen LogP contribution in [0.25, 0.3) is 0 Å². The zero-order chi connectivity index (χ0) is 17.8. The van der Waals surface area contributed by atoms with Crippen molar-refractivity contribution in [3.63, 3.8) is 0 Å². The number of rotatable bonds is 4. The molecule has 2 N–H and O–H groups in total. The lowest BCUT2D eigenvalue weighted by molar-refractivity contribution is -0.121. The van der Waals surface area contributed by atoms with Crippen LogP contribution in [-0.4, -0.2) is 53.5 Å². The van der Waals surface area contributed by atoms with Gasteiger partial charge in [0, 0.05) is 25.7 Å². The van der Waals surface area contributed by atoms with Gasteiger partial charge in [-0.25, -0.2) is 4.90 Å². The van der Waals surface area contributed by atoms with E-state index in [1.165, 1.54) is 4.90 Å². The van der Waals surface area contributed by atoms with Crippen LogP contribution in [0.3, 0.4) is 0 Å². The number of amides is 2. The minimum absolute atomic E-state index is 0.139. The Bertz CT molecular complexity index is 644. The molecule has 25 heavy (non-hydrogen) atoms. The molecule has 2 fully saturated rings. The fraction of sp³-hybridized carbons (Fsp3) is 0.500. The zero-order valence-corrected chi connectivity index (χ0v) is 15.2. The van der Waals surface area contributed by atoms with E-state index >= 15 is 0 Å². The molecule has 2 amide bonds. The number of carbonyl (C=O) groups excluding carboxylic acids is 2. The molecule has 2 saturated heterocycles. The molecule has 0 radical (unpaired) electrons. The van der Waals surface area contributed by atoms with E-state index in [4.69, 9.17) is 12.2 Å². The van der Waals surface area contributed by atoms with Crippen LogP contribution in [0.15, 0.2) is 30.3 Å². The molecule has 2 aliphatic rings. The van der Waals surface area contributed by atoms with E-state index in [9.17, 15) is 9.59 Å². The predicted octanol–water partition coefficient (Wildman–Crippen LogP) is 1.27. The second-order valence-corrected chi connectivity index (χ2v) is 6.81. The number of nitrogens with zero attached hydrogens (tertiary/aromatic N) is 2. The average molecular weight is 360 g/mol. The lowest BCUT2D eigenvalue weighted by Crippen LogP contribution is -2.51. The molecule has 2 heterocycles. The maximum atomic E-state index is 12.6. The summed E-state index contributed by atoms with van der Waals surface area (Å²) >= 11 is 5.35. The molecule has 3 rings (SSSR count). The fourth-order valence-electron chi connectivity index (χ4n) is 3.41. The first-order valence-corrected chi connectivity index (χ1v) is 9.21. The molecule has 134 valence electrons. The van der Waals surface area contributed by atoms with Gasteiger partial charge in [-0.2, -0.15) is 0 Å². The molecule has 0 saturated carbocycles. The number of piperidine rings is 1. The van der Waals surface area contributed by atoms with E-state index in [1.54, 1.807) is 12.1 Å². The molecule has 1 aromatic carbocycles. The van der Waals surface area contributed by atoms with Crippen molar-refractivity contribution in [2.24, 2.45) is 0 Å². The highest BCUT2D eigenvalue weighted by Gasteiger charge is 2.40. The highest BCUT2D eigenvalue weighted by Crippen LogP contribution is 2.23. The number of nitrogens with one attached hydrogen (secondary N) is 2. The number of benzene rings is 1. The molecular weight excluding hydrogens is 336 g/mol. The van der Waals surface area contributed by atoms with Gasteiger partial charge in [0.1, 0.15) is 0 Å². The van der Waals surface area contributed by atoms with Crippen molar-refractivity contribution in [3.05, 3.63) is 30.3 Å². The summed E-state index contributed by atoms with van der Waals surface area (Å²) in [6, 6.07) is 8.93. The summed E-state index contributed by atoms with van der Waals surface area (Å²) in [5.74, 6) is -0.291. The molecule has 1 aromatic rings. The van der Waals surface area contributed by atoms with Gasteiger partial charge in [-0.15, -0.1) is 0 Å². The van der Waals surface area contributed by atoms with Crippen LogP contribution in [0.1, 0.15) is 26.2 Å². The van der Waals surface area contributed by atoms with Crippen molar-refractivity contribution in [2.75, 3.05) is 24.5 Å². The molecule has 0 bridgehead atoms. The van der Waals surface area contributed by atoms with E-state index in [1.807, 2.05) is 25.1 Å². The normalized spacial score (nSPS) is 21.7.